The molecule has 0 aliphatic carbocycles. The van der Waals surface area contributed by atoms with Crippen LogP contribution in [0.1, 0.15) is 18.5 Å². The van der Waals surface area contributed by atoms with E-state index in [1.165, 1.54) is 17.3 Å². The van der Waals surface area contributed by atoms with Crippen LogP contribution in [0.4, 0.5) is 5.69 Å². The first-order valence-corrected chi connectivity index (χ1v) is 8.96. The molecule has 2 heterocycles. The molecule has 5 nitrogen and oxygen atoms in total. The molecule has 0 bridgehead atoms. The van der Waals surface area contributed by atoms with Crippen molar-refractivity contribution in [3.05, 3.63) is 72.7 Å². The summed E-state index contributed by atoms with van der Waals surface area (Å²) in [5.41, 5.74) is 2.01. The Hall–Kier alpha value is -2.51. The van der Waals surface area contributed by atoms with Gasteiger partial charge in [-0.1, -0.05) is 30.3 Å². The molecule has 0 amide bonds. The maximum atomic E-state index is 5.37. The fourth-order valence-corrected chi connectivity index (χ4v) is 3.09. The van der Waals surface area contributed by atoms with Crippen molar-refractivity contribution in [1.29, 1.82) is 0 Å². The second kappa shape index (κ2) is 8.55. The monoisotopic (exact) mass is 367 g/mol. The third-order valence-corrected chi connectivity index (χ3v) is 4.44. The Balaban J connectivity index is 1.55. The Kier molecular flexibility index (Phi) is 5.92. The average Bonchev–Trinajstić information content (AvgIpc) is 2.65. The molecule has 1 aromatic carbocycles. The van der Waals surface area contributed by atoms with E-state index in [0.29, 0.717) is 10.3 Å². The van der Waals surface area contributed by atoms with Crippen LogP contribution in [0, 0.1) is 0 Å². The molecule has 7 heteroatoms. The Morgan fingerprint density at radius 1 is 1.00 bits per heavy atom. The third-order valence-electron chi connectivity index (χ3n) is 3.38. The summed E-state index contributed by atoms with van der Waals surface area (Å²) in [4.78, 5) is 12.7. The van der Waals surface area contributed by atoms with E-state index in [1.807, 2.05) is 30.3 Å². The van der Waals surface area contributed by atoms with Gasteiger partial charge in [0.2, 0.25) is 0 Å². The number of nitrogens with zero attached hydrogens (tertiary/aromatic N) is 3. The number of thiocarbonyl (C=S) groups is 1. The minimum atomic E-state index is 0.124. The maximum Gasteiger partial charge on any atom is 0.193 e. The van der Waals surface area contributed by atoms with Crippen molar-refractivity contribution in [3.8, 4) is 0 Å². The minimum absolute atomic E-state index is 0.124. The van der Waals surface area contributed by atoms with Gasteiger partial charge in [0.05, 0.1) is 17.9 Å². The van der Waals surface area contributed by atoms with Crippen molar-refractivity contribution < 1.29 is 0 Å². The normalized spacial score (nSPS) is 11.6. The van der Waals surface area contributed by atoms with Crippen LogP contribution in [0.25, 0.3) is 0 Å². The third kappa shape index (κ3) is 5.23. The van der Waals surface area contributed by atoms with Crippen LogP contribution in [0.15, 0.2) is 77.3 Å². The molecule has 0 spiro atoms. The van der Waals surface area contributed by atoms with Crippen LogP contribution < -0.4 is 10.6 Å². The summed E-state index contributed by atoms with van der Waals surface area (Å²) < 4.78 is 0. The average molecular weight is 368 g/mol. The fraction of sp³-hybridized carbons (Fsp3) is 0.111. The number of nitrogens with one attached hydrogen (secondary N) is 2. The molecule has 0 aliphatic rings. The lowest BCUT2D eigenvalue weighted by atomic mass is 10.1. The molecule has 0 saturated heterocycles. The number of benzene rings is 1. The number of pyridine rings is 1. The van der Waals surface area contributed by atoms with Gasteiger partial charge in [0.15, 0.2) is 10.3 Å². The molecular formula is C18H17N5S2. The lowest BCUT2D eigenvalue weighted by Gasteiger charge is -2.17. The molecule has 0 radical (unpaired) electrons. The Morgan fingerprint density at radius 2 is 1.76 bits per heavy atom. The SMILES string of the molecule is C[C@H](NC(=S)Nc1ccc(Sc2ncccn2)nc1)c1ccccc1. The van der Waals surface area contributed by atoms with Gasteiger partial charge in [0, 0.05) is 12.4 Å². The van der Waals surface area contributed by atoms with Crippen molar-refractivity contribution in [1.82, 2.24) is 20.3 Å². The second-order valence-electron chi connectivity index (χ2n) is 5.25. The number of hydrogen-bond acceptors (Lipinski definition) is 5. The van der Waals surface area contributed by atoms with Crippen LogP contribution >= 0.6 is 24.0 Å². The summed E-state index contributed by atoms with van der Waals surface area (Å²) in [6.07, 6.45) is 5.17. The first-order valence-electron chi connectivity index (χ1n) is 7.74. The Labute approximate surface area is 156 Å². The van der Waals surface area contributed by atoms with E-state index in [0.717, 1.165) is 10.7 Å². The molecule has 2 aromatic heterocycles. The van der Waals surface area contributed by atoms with Gasteiger partial charge in [0.1, 0.15) is 5.03 Å². The van der Waals surface area contributed by atoms with Gasteiger partial charge in [-0.25, -0.2) is 15.0 Å². The quantitative estimate of drug-likeness (QED) is 0.520. The second-order valence-corrected chi connectivity index (χ2v) is 6.65. The highest BCUT2D eigenvalue weighted by molar-refractivity contribution is 7.99. The van der Waals surface area contributed by atoms with Gasteiger partial charge in [-0.15, -0.1) is 0 Å². The predicted octanol–water partition coefficient (Wildman–Crippen LogP) is 4.07. The highest BCUT2D eigenvalue weighted by Gasteiger charge is 2.07. The number of aromatic nitrogens is 3. The molecule has 0 aliphatic heterocycles. The molecular weight excluding hydrogens is 350 g/mol. The van der Waals surface area contributed by atoms with E-state index in [-0.39, 0.29) is 6.04 Å². The molecule has 0 fully saturated rings. The number of rotatable bonds is 5. The Morgan fingerprint density at radius 3 is 2.44 bits per heavy atom. The van der Waals surface area contributed by atoms with Crippen LogP contribution in [0.5, 0.6) is 0 Å². The molecule has 2 N–H and O–H groups in total. The van der Waals surface area contributed by atoms with Crippen molar-refractivity contribution >= 4 is 34.8 Å². The summed E-state index contributed by atoms with van der Waals surface area (Å²) in [7, 11) is 0. The van der Waals surface area contributed by atoms with E-state index in [4.69, 9.17) is 12.2 Å². The highest BCUT2D eigenvalue weighted by atomic mass is 32.2. The van der Waals surface area contributed by atoms with E-state index in [1.54, 1.807) is 24.7 Å². The smallest absolute Gasteiger partial charge is 0.193 e. The summed E-state index contributed by atoms with van der Waals surface area (Å²) in [6, 6.07) is 15.9. The van der Waals surface area contributed by atoms with Gasteiger partial charge < -0.3 is 10.6 Å². The van der Waals surface area contributed by atoms with Gasteiger partial charge in [-0.05, 0) is 54.7 Å². The zero-order valence-electron chi connectivity index (χ0n) is 13.6. The largest absolute Gasteiger partial charge is 0.356 e. The van der Waals surface area contributed by atoms with Crippen molar-refractivity contribution in [3.63, 3.8) is 0 Å². The molecule has 3 rings (SSSR count). The Bertz CT molecular complexity index is 810. The van der Waals surface area contributed by atoms with Crippen LogP contribution in [-0.4, -0.2) is 20.1 Å². The van der Waals surface area contributed by atoms with Crippen molar-refractivity contribution in [2.75, 3.05) is 5.32 Å². The summed E-state index contributed by atoms with van der Waals surface area (Å²) >= 11 is 6.79. The number of anilines is 1. The van der Waals surface area contributed by atoms with Gasteiger partial charge in [-0.2, -0.15) is 0 Å². The number of hydrogen-bond donors (Lipinski definition) is 2. The lowest BCUT2D eigenvalue weighted by Crippen LogP contribution is -2.30. The minimum Gasteiger partial charge on any atom is -0.356 e. The molecule has 1 atom stereocenters. The van der Waals surface area contributed by atoms with E-state index >= 15 is 0 Å². The van der Waals surface area contributed by atoms with Crippen molar-refractivity contribution in [2.45, 2.75) is 23.1 Å². The molecule has 25 heavy (non-hydrogen) atoms. The highest BCUT2D eigenvalue weighted by Crippen LogP contribution is 2.22. The first-order chi connectivity index (χ1) is 12.2. The standard InChI is InChI=1S/C18H17N5S2/c1-13(14-6-3-2-4-7-14)22-17(24)23-15-8-9-16(21-12-15)25-18-19-10-5-11-20-18/h2-13H,1H3,(H2,22,23,24)/t13-/m0/s1. The molecule has 0 saturated carbocycles. The van der Waals surface area contributed by atoms with Gasteiger partial charge >= 0.3 is 0 Å². The van der Waals surface area contributed by atoms with Crippen molar-refractivity contribution in [2.24, 2.45) is 0 Å². The van der Waals surface area contributed by atoms with Crippen LogP contribution in [-0.2, 0) is 0 Å². The zero-order valence-corrected chi connectivity index (χ0v) is 15.2. The van der Waals surface area contributed by atoms with Crippen LogP contribution in [0.2, 0.25) is 0 Å². The van der Waals surface area contributed by atoms with Gasteiger partial charge in [0.25, 0.3) is 0 Å². The lowest BCUT2D eigenvalue weighted by molar-refractivity contribution is 0.722. The van der Waals surface area contributed by atoms with E-state index in [9.17, 15) is 0 Å². The fourth-order valence-electron chi connectivity index (χ4n) is 2.14. The van der Waals surface area contributed by atoms with Gasteiger partial charge in [-0.3, -0.25) is 0 Å². The molecule has 0 unspecified atom stereocenters. The zero-order chi connectivity index (χ0) is 17.5. The summed E-state index contributed by atoms with van der Waals surface area (Å²) in [5, 5.41) is 8.48. The molecule has 3 aromatic rings. The summed E-state index contributed by atoms with van der Waals surface area (Å²) in [5.74, 6) is 0. The van der Waals surface area contributed by atoms with Crippen LogP contribution in [0.3, 0.4) is 0 Å². The van der Waals surface area contributed by atoms with E-state index < -0.39 is 0 Å². The summed E-state index contributed by atoms with van der Waals surface area (Å²) in [6.45, 7) is 2.07. The topological polar surface area (TPSA) is 62.7 Å². The van der Waals surface area contributed by atoms with E-state index in [2.05, 4.69) is 44.6 Å². The molecule has 126 valence electrons. The maximum absolute atomic E-state index is 5.37. The first kappa shape index (κ1) is 17.3. The predicted molar refractivity (Wildman–Crippen MR) is 105 cm³/mol.